The summed E-state index contributed by atoms with van der Waals surface area (Å²) in [5.74, 6) is -0.944. The molecule has 3 amide bonds. The minimum atomic E-state index is -0.873. The molecule has 0 bridgehead atoms. The third-order valence-electron chi connectivity index (χ3n) is 4.87. The number of thiol groups is 1. The van der Waals surface area contributed by atoms with Crippen molar-refractivity contribution >= 4 is 35.7 Å². The normalized spacial score (nSPS) is 12.4. The van der Waals surface area contributed by atoms with Gasteiger partial charge in [-0.2, -0.15) is 0 Å². The summed E-state index contributed by atoms with van der Waals surface area (Å²) in [5.41, 5.74) is 1.69. The molecule has 182 valence electrons. The number of carbonyl (C=O) groups is 4. The molecule has 2 aromatic rings. The average Bonchev–Trinajstić information content (AvgIpc) is 2.81. The zero-order valence-corrected chi connectivity index (χ0v) is 20.2. The summed E-state index contributed by atoms with van der Waals surface area (Å²) in [6.07, 6.45) is -0.0782. The van der Waals surface area contributed by atoms with Crippen molar-refractivity contribution in [3.05, 3.63) is 71.8 Å². The highest BCUT2D eigenvalue weighted by Gasteiger charge is 2.24. The fourth-order valence-corrected chi connectivity index (χ4v) is 3.35. The standard InChI is InChI=1S/C25H31N3O5S/c1-17(2)13-20(28-25(32)33-16-19-11-7-4-8-12-19)23(30)26-15-22(29)27-21(24(31)34)14-18-9-5-3-6-10-18/h3-12,17,20-21H,13-16H2,1-2H3,(H,26,30)(H,27,29)(H,28,32)(H,31,34)/t20-,21-/m0/s1. The first kappa shape index (κ1) is 26.9. The van der Waals surface area contributed by atoms with Crippen LogP contribution in [-0.4, -0.2) is 41.7 Å². The Morgan fingerprint density at radius 1 is 0.853 bits per heavy atom. The second kappa shape index (κ2) is 14.0. The predicted octanol–water partition coefficient (Wildman–Crippen LogP) is 2.63. The van der Waals surface area contributed by atoms with E-state index in [1.54, 1.807) is 0 Å². The molecule has 0 fully saturated rings. The van der Waals surface area contributed by atoms with Gasteiger partial charge in [-0.05, 0) is 23.5 Å². The minimum Gasteiger partial charge on any atom is -0.445 e. The molecule has 0 unspecified atom stereocenters. The van der Waals surface area contributed by atoms with E-state index in [1.165, 1.54) is 0 Å². The summed E-state index contributed by atoms with van der Waals surface area (Å²) in [6, 6.07) is 16.7. The van der Waals surface area contributed by atoms with Gasteiger partial charge in [0.15, 0.2) is 0 Å². The van der Waals surface area contributed by atoms with E-state index in [-0.39, 0.29) is 25.5 Å². The van der Waals surface area contributed by atoms with Gasteiger partial charge in [-0.3, -0.25) is 14.4 Å². The number of benzene rings is 2. The number of rotatable bonds is 12. The third kappa shape index (κ3) is 10.1. The van der Waals surface area contributed by atoms with Crippen LogP contribution in [0.15, 0.2) is 60.7 Å². The highest BCUT2D eigenvalue weighted by molar-refractivity contribution is 7.96. The second-order valence-corrected chi connectivity index (χ2v) is 8.69. The minimum absolute atomic E-state index is 0.0751. The van der Waals surface area contributed by atoms with Crippen molar-refractivity contribution in [1.29, 1.82) is 0 Å². The van der Waals surface area contributed by atoms with Crippen LogP contribution in [0.1, 0.15) is 31.4 Å². The SMILES string of the molecule is CC(C)C[C@H](NC(=O)OCc1ccccc1)C(=O)NCC(=O)N[C@@H](Cc1ccccc1)C(=O)S. The van der Waals surface area contributed by atoms with Gasteiger partial charge in [-0.1, -0.05) is 74.5 Å². The van der Waals surface area contributed by atoms with Gasteiger partial charge >= 0.3 is 6.09 Å². The summed E-state index contributed by atoms with van der Waals surface area (Å²) in [4.78, 5) is 49.1. The molecule has 0 saturated heterocycles. The second-order valence-electron chi connectivity index (χ2n) is 8.25. The van der Waals surface area contributed by atoms with E-state index < -0.39 is 35.1 Å². The lowest BCUT2D eigenvalue weighted by Gasteiger charge is -2.20. The van der Waals surface area contributed by atoms with Crippen LogP contribution in [0.4, 0.5) is 4.79 Å². The van der Waals surface area contributed by atoms with Crippen LogP contribution in [0.5, 0.6) is 0 Å². The Kier molecular flexibility index (Phi) is 11.1. The molecular formula is C25H31N3O5S. The fourth-order valence-electron chi connectivity index (χ4n) is 3.20. The first-order valence-electron chi connectivity index (χ1n) is 11.1. The van der Waals surface area contributed by atoms with Crippen LogP contribution in [0, 0.1) is 5.92 Å². The Morgan fingerprint density at radius 2 is 1.44 bits per heavy atom. The van der Waals surface area contributed by atoms with E-state index in [0.29, 0.717) is 6.42 Å². The number of nitrogens with one attached hydrogen (secondary N) is 3. The van der Waals surface area contributed by atoms with Crippen molar-refractivity contribution in [3.63, 3.8) is 0 Å². The number of ether oxygens (including phenoxy) is 1. The topological polar surface area (TPSA) is 114 Å². The Bertz CT molecular complexity index is 954. The molecular weight excluding hydrogens is 454 g/mol. The molecule has 0 aliphatic carbocycles. The molecule has 8 nitrogen and oxygen atoms in total. The molecule has 0 aromatic heterocycles. The lowest BCUT2D eigenvalue weighted by Crippen LogP contribution is -2.51. The van der Waals surface area contributed by atoms with Crippen molar-refractivity contribution in [2.75, 3.05) is 6.54 Å². The molecule has 0 spiro atoms. The van der Waals surface area contributed by atoms with E-state index in [2.05, 4.69) is 28.6 Å². The molecule has 0 radical (unpaired) electrons. The van der Waals surface area contributed by atoms with Crippen LogP contribution in [0.2, 0.25) is 0 Å². The van der Waals surface area contributed by atoms with Crippen molar-refractivity contribution in [2.24, 2.45) is 5.92 Å². The van der Waals surface area contributed by atoms with Gasteiger partial charge in [0.25, 0.3) is 0 Å². The molecule has 2 rings (SSSR count). The monoisotopic (exact) mass is 485 g/mol. The van der Waals surface area contributed by atoms with Crippen molar-refractivity contribution < 1.29 is 23.9 Å². The zero-order chi connectivity index (χ0) is 24.9. The Hall–Kier alpha value is -3.33. The molecule has 2 atom stereocenters. The first-order chi connectivity index (χ1) is 16.2. The predicted molar refractivity (Wildman–Crippen MR) is 132 cm³/mol. The van der Waals surface area contributed by atoms with E-state index in [0.717, 1.165) is 11.1 Å². The van der Waals surface area contributed by atoms with Gasteiger partial charge in [0, 0.05) is 6.42 Å². The van der Waals surface area contributed by atoms with Crippen molar-refractivity contribution in [1.82, 2.24) is 16.0 Å². The fraction of sp³-hybridized carbons (Fsp3) is 0.360. The highest BCUT2D eigenvalue weighted by atomic mass is 32.1. The van der Waals surface area contributed by atoms with Crippen LogP contribution in [-0.2, 0) is 32.1 Å². The quantitative estimate of drug-likeness (QED) is 0.345. The Balaban J connectivity index is 1.86. The number of hydrogen-bond acceptors (Lipinski definition) is 5. The zero-order valence-electron chi connectivity index (χ0n) is 19.3. The summed E-state index contributed by atoms with van der Waals surface area (Å²) in [7, 11) is 0. The van der Waals surface area contributed by atoms with Crippen molar-refractivity contribution in [3.8, 4) is 0 Å². The highest BCUT2D eigenvalue weighted by Crippen LogP contribution is 2.07. The molecule has 0 aliphatic rings. The smallest absolute Gasteiger partial charge is 0.408 e. The van der Waals surface area contributed by atoms with Crippen LogP contribution in [0.3, 0.4) is 0 Å². The maximum absolute atomic E-state index is 12.7. The summed E-state index contributed by atoms with van der Waals surface area (Å²) in [6.45, 7) is 3.55. The van der Waals surface area contributed by atoms with Gasteiger partial charge in [-0.25, -0.2) is 4.79 Å². The number of carbonyl (C=O) groups excluding carboxylic acids is 4. The van der Waals surface area contributed by atoms with Gasteiger partial charge in [0.05, 0.1) is 6.54 Å². The van der Waals surface area contributed by atoms with Crippen LogP contribution >= 0.6 is 12.6 Å². The lowest BCUT2D eigenvalue weighted by atomic mass is 10.0. The van der Waals surface area contributed by atoms with Gasteiger partial charge in [0.2, 0.25) is 16.9 Å². The Morgan fingerprint density at radius 3 is 2.00 bits per heavy atom. The first-order valence-corrected chi connectivity index (χ1v) is 11.5. The average molecular weight is 486 g/mol. The third-order valence-corrected chi connectivity index (χ3v) is 5.18. The maximum Gasteiger partial charge on any atom is 0.408 e. The van der Waals surface area contributed by atoms with E-state index in [4.69, 9.17) is 4.74 Å². The van der Waals surface area contributed by atoms with Crippen molar-refractivity contribution in [2.45, 2.75) is 45.4 Å². The molecule has 0 saturated carbocycles. The summed E-state index contributed by atoms with van der Waals surface area (Å²) < 4.78 is 5.20. The largest absolute Gasteiger partial charge is 0.445 e. The Labute approximate surface area is 205 Å². The van der Waals surface area contributed by atoms with E-state index in [9.17, 15) is 19.2 Å². The molecule has 0 heterocycles. The summed E-state index contributed by atoms with van der Waals surface area (Å²) in [5, 5.41) is 7.19. The summed E-state index contributed by atoms with van der Waals surface area (Å²) >= 11 is 3.86. The van der Waals surface area contributed by atoms with Crippen LogP contribution in [0.25, 0.3) is 0 Å². The van der Waals surface area contributed by atoms with Crippen LogP contribution < -0.4 is 16.0 Å². The molecule has 2 aromatic carbocycles. The van der Waals surface area contributed by atoms with E-state index >= 15 is 0 Å². The van der Waals surface area contributed by atoms with Gasteiger partial charge in [-0.15, -0.1) is 12.6 Å². The lowest BCUT2D eigenvalue weighted by molar-refractivity contribution is -0.128. The number of hydrogen-bond donors (Lipinski definition) is 4. The molecule has 34 heavy (non-hydrogen) atoms. The molecule has 0 aliphatic heterocycles. The molecule has 9 heteroatoms. The maximum atomic E-state index is 12.7. The number of amides is 3. The van der Waals surface area contributed by atoms with Gasteiger partial charge < -0.3 is 20.7 Å². The van der Waals surface area contributed by atoms with E-state index in [1.807, 2.05) is 74.5 Å². The van der Waals surface area contributed by atoms with Gasteiger partial charge in [0.1, 0.15) is 18.7 Å². The number of alkyl carbamates (subject to hydrolysis) is 1. The molecule has 3 N–H and O–H groups in total.